The van der Waals surface area contributed by atoms with Crippen LogP contribution in [0.3, 0.4) is 0 Å². The van der Waals surface area contributed by atoms with E-state index in [1.54, 1.807) is 39.8 Å². The van der Waals surface area contributed by atoms with Gasteiger partial charge in [0.25, 0.3) is 0 Å². The predicted octanol–water partition coefficient (Wildman–Crippen LogP) is 5.13. The number of benzene rings is 2. The van der Waals surface area contributed by atoms with Crippen LogP contribution in [0, 0.1) is 0 Å². The van der Waals surface area contributed by atoms with Crippen molar-refractivity contribution in [2.24, 2.45) is 0 Å². The number of para-hydroxylation sites is 1. The van der Waals surface area contributed by atoms with Crippen molar-refractivity contribution in [1.82, 2.24) is 15.4 Å². The molecule has 5 N–H and O–H groups in total. The highest BCUT2D eigenvalue weighted by Gasteiger charge is 2.39. The van der Waals surface area contributed by atoms with Crippen LogP contribution in [-0.2, 0) is 14.6 Å². The van der Waals surface area contributed by atoms with E-state index >= 15 is 0 Å². The topological polar surface area (TPSA) is 154 Å². The summed E-state index contributed by atoms with van der Waals surface area (Å²) in [5, 5.41) is 5.93. The van der Waals surface area contributed by atoms with Gasteiger partial charge in [-0.1, -0.05) is 18.2 Å². The Morgan fingerprint density at radius 3 is 1.72 bits per heavy atom. The number of nitrogens with one attached hydrogen (secondary N) is 3. The number of hydrogen-bond donors (Lipinski definition) is 5. The van der Waals surface area contributed by atoms with Gasteiger partial charge in [-0.15, -0.1) is 0 Å². The SMILES string of the molecule is CC(C)(CC(C)(C)NC(C)(C)CC(C)(C)NS(=O)(=O)c1ccc(Oc2ccccc2)cc1)NC(=O)P(=O)(O)O. The number of rotatable bonds is 13. The van der Waals surface area contributed by atoms with Crippen molar-refractivity contribution in [3.8, 4) is 11.5 Å². The van der Waals surface area contributed by atoms with Crippen molar-refractivity contribution >= 4 is 23.3 Å². The zero-order valence-electron chi connectivity index (χ0n) is 23.9. The number of sulfonamides is 1. The molecule has 218 valence electrons. The summed E-state index contributed by atoms with van der Waals surface area (Å²) in [4.78, 5) is 30.2. The van der Waals surface area contributed by atoms with Gasteiger partial charge in [-0.2, -0.15) is 0 Å². The predicted molar refractivity (Wildman–Crippen MR) is 153 cm³/mol. The second kappa shape index (κ2) is 11.7. The molecular formula is C27H42N3O7PS. The first-order chi connectivity index (χ1) is 17.5. The van der Waals surface area contributed by atoms with E-state index in [0.717, 1.165) is 0 Å². The zero-order chi connectivity index (χ0) is 29.9. The first kappa shape index (κ1) is 32.9. The Kier molecular flexibility index (Phi) is 9.87. The average molecular weight is 584 g/mol. The largest absolute Gasteiger partial charge is 0.457 e. The highest BCUT2D eigenvalue weighted by molar-refractivity contribution is 7.89. The van der Waals surface area contributed by atoms with E-state index in [0.29, 0.717) is 24.3 Å². The molecule has 0 bridgehead atoms. The van der Waals surface area contributed by atoms with Gasteiger partial charge in [0.15, 0.2) is 0 Å². The van der Waals surface area contributed by atoms with Gasteiger partial charge in [0.05, 0.1) is 4.90 Å². The van der Waals surface area contributed by atoms with Gasteiger partial charge >= 0.3 is 13.2 Å². The molecule has 0 aromatic heterocycles. The Morgan fingerprint density at radius 1 is 0.769 bits per heavy atom. The fraction of sp³-hybridized carbons (Fsp3) is 0.519. The van der Waals surface area contributed by atoms with Crippen molar-refractivity contribution < 1.29 is 32.3 Å². The quantitative estimate of drug-likeness (QED) is 0.203. The van der Waals surface area contributed by atoms with E-state index in [1.807, 2.05) is 58.0 Å². The van der Waals surface area contributed by atoms with E-state index in [1.165, 1.54) is 12.1 Å². The van der Waals surface area contributed by atoms with E-state index in [4.69, 9.17) is 14.5 Å². The minimum atomic E-state index is -4.89. The molecule has 0 saturated heterocycles. The lowest BCUT2D eigenvalue weighted by Crippen LogP contribution is -2.60. The number of carbonyl (C=O) groups excluding carboxylic acids is 1. The van der Waals surface area contributed by atoms with Gasteiger partial charge < -0.3 is 25.2 Å². The Balaban J connectivity index is 2.06. The first-order valence-corrected chi connectivity index (χ1v) is 15.7. The number of hydrogen-bond acceptors (Lipinski definition) is 6. The maximum absolute atomic E-state index is 13.2. The molecule has 0 atom stereocenters. The molecule has 0 heterocycles. The summed E-state index contributed by atoms with van der Waals surface area (Å²) in [5.41, 5.74) is -4.23. The summed E-state index contributed by atoms with van der Waals surface area (Å²) in [6, 6.07) is 15.4. The van der Waals surface area contributed by atoms with Crippen LogP contribution in [-0.4, -0.2) is 46.0 Å². The number of carbonyl (C=O) groups is 1. The van der Waals surface area contributed by atoms with Crippen LogP contribution in [0.2, 0.25) is 0 Å². The molecule has 0 radical (unpaired) electrons. The van der Waals surface area contributed by atoms with Gasteiger partial charge in [-0.3, -0.25) is 4.79 Å². The first-order valence-electron chi connectivity index (χ1n) is 12.6. The van der Waals surface area contributed by atoms with Crippen molar-refractivity contribution in [2.75, 3.05) is 0 Å². The maximum Gasteiger partial charge on any atom is 0.413 e. The summed E-state index contributed by atoms with van der Waals surface area (Å²) in [6.07, 6.45) is 0.756. The van der Waals surface area contributed by atoms with Crippen molar-refractivity contribution in [3.05, 3.63) is 54.6 Å². The number of amides is 1. The molecular weight excluding hydrogens is 541 g/mol. The van der Waals surface area contributed by atoms with Crippen molar-refractivity contribution in [2.45, 2.75) is 95.3 Å². The molecule has 12 heteroatoms. The molecule has 0 aliphatic carbocycles. The third-order valence-corrected chi connectivity index (χ3v) is 8.03. The summed E-state index contributed by atoms with van der Waals surface area (Å²) < 4.78 is 46.2. The second-order valence-electron chi connectivity index (χ2n) is 12.5. The minimum Gasteiger partial charge on any atom is -0.457 e. The standard InChI is InChI=1S/C27H42N3O7PS/c1-24(2,28-23(31)38(32,33)34)18-25(3,4)29-26(5,6)19-27(7,8)30-39(35,36)22-16-14-21(15-17-22)37-20-12-10-9-11-13-20/h9-17,29-30H,18-19H2,1-8H3,(H,28,31)(H2,32,33,34). The van der Waals surface area contributed by atoms with E-state index in [2.05, 4.69) is 15.4 Å². The maximum atomic E-state index is 13.2. The Morgan fingerprint density at radius 2 is 1.23 bits per heavy atom. The molecule has 1 amide bonds. The average Bonchev–Trinajstić information content (AvgIpc) is 2.70. The summed E-state index contributed by atoms with van der Waals surface area (Å²) >= 11 is 0. The molecule has 0 fully saturated rings. The lowest BCUT2D eigenvalue weighted by Gasteiger charge is -2.44. The molecule has 0 unspecified atom stereocenters. The smallest absolute Gasteiger partial charge is 0.413 e. The highest BCUT2D eigenvalue weighted by Crippen LogP contribution is 2.37. The molecule has 0 spiro atoms. The van der Waals surface area contributed by atoms with Crippen LogP contribution in [0.15, 0.2) is 59.5 Å². The third kappa shape index (κ3) is 11.0. The Hall–Kier alpha value is -2.27. The molecule has 2 aromatic carbocycles. The lowest BCUT2D eigenvalue weighted by molar-refractivity contribution is 0.173. The number of ether oxygens (including phenoxy) is 1. The molecule has 0 saturated carbocycles. The zero-order valence-corrected chi connectivity index (χ0v) is 25.6. The van der Waals surface area contributed by atoms with Gasteiger partial charge in [0.1, 0.15) is 11.5 Å². The monoisotopic (exact) mass is 583 g/mol. The highest BCUT2D eigenvalue weighted by atomic mass is 32.2. The Bertz CT molecular complexity index is 1290. The summed E-state index contributed by atoms with van der Waals surface area (Å²) in [5.74, 6) is 1.17. The molecule has 2 rings (SSSR count). The van der Waals surface area contributed by atoms with Gasteiger partial charge in [-0.05, 0) is 105 Å². The van der Waals surface area contributed by atoms with E-state index in [9.17, 15) is 17.8 Å². The van der Waals surface area contributed by atoms with E-state index < -0.39 is 45.4 Å². The van der Waals surface area contributed by atoms with Crippen LogP contribution >= 0.6 is 7.60 Å². The fourth-order valence-electron chi connectivity index (χ4n) is 5.39. The Labute approximate surface area is 232 Å². The van der Waals surface area contributed by atoms with Crippen LogP contribution in [0.1, 0.15) is 68.2 Å². The molecule has 2 aromatic rings. The van der Waals surface area contributed by atoms with Crippen molar-refractivity contribution in [3.63, 3.8) is 0 Å². The third-order valence-electron chi connectivity index (χ3n) is 5.68. The normalized spacial score (nSPS) is 13.7. The molecule has 0 aliphatic rings. The van der Waals surface area contributed by atoms with Crippen LogP contribution in [0.5, 0.6) is 11.5 Å². The summed E-state index contributed by atoms with van der Waals surface area (Å²) in [6.45, 7) is 14.7. The molecule has 10 nitrogen and oxygen atoms in total. The van der Waals surface area contributed by atoms with E-state index in [-0.39, 0.29) is 4.90 Å². The van der Waals surface area contributed by atoms with Crippen molar-refractivity contribution in [1.29, 1.82) is 0 Å². The van der Waals surface area contributed by atoms with Gasteiger partial charge in [-0.25, -0.2) is 17.7 Å². The second-order valence-corrected chi connectivity index (χ2v) is 15.7. The summed E-state index contributed by atoms with van der Waals surface area (Å²) in [7, 11) is -8.73. The van der Waals surface area contributed by atoms with Crippen LogP contribution in [0.4, 0.5) is 4.79 Å². The molecule has 39 heavy (non-hydrogen) atoms. The van der Waals surface area contributed by atoms with Gasteiger partial charge in [0, 0.05) is 22.2 Å². The minimum absolute atomic E-state index is 0.115. The molecule has 0 aliphatic heterocycles. The fourth-order valence-corrected chi connectivity index (χ4v) is 7.25. The van der Waals surface area contributed by atoms with Gasteiger partial charge in [0.2, 0.25) is 10.0 Å². The van der Waals surface area contributed by atoms with Crippen LogP contribution < -0.4 is 20.1 Å². The lowest BCUT2D eigenvalue weighted by atomic mass is 9.81. The van der Waals surface area contributed by atoms with Crippen LogP contribution in [0.25, 0.3) is 0 Å².